The molecule has 1 N–H and O–H groups in total. The molecular formula is C21H29NO2. The fraction of sp³-hybridized carbons (Fsp3) is 0.524. The lowest BCUT2D eigenvalue weighted by Gasteiger charge is -2.56. The minimum absolute atomic E-state index is 0.0220. The van der Waals surface area contributed by atoms with E-state index < -0.39 is 0 Å². The van der Waals surface area contributed by atoms with Crippen LogP contribution >= 0.6 is 0 Å². The van der Waals surface area contributed by atoms with Crippen LogP contribution in [-0.2, 0) is 5.41 Å². The van der Waals surface area contributed by atoms with Gasteiger partial charge in [0.1, 0.15) is 5.60 Å². The van der Waals surface area contributed by atoms with Crippen molar-refractivity contribution in [1.29, 1.82) is 0 Å². The van der Waals surface area contributed by atoms with Gasteiger partial charge >= 0.3 is 0 Å². The van der Waals surface area contributed by atoms with Crippen molar-refractivity contribution < 1.29 is 9.84 Å². The van der Waals surface area contributed by atoms with Crippen molar-refractivity contribution in [1.82, 2.24) is 4.90 Å². The number of phenols is 1. The van der Waals surface area contributed by atoms with E-state index in [-0.39, 0.29) is 16.8 Å². The normalized spacial score (nSPS) is 36.7. The summed E-state index contributed by atoms with van der Waals surface area (Å²) in [6.07, 6.45) is 6.66. The maximum absolute atomic E-state index is 10.4. The molecule has 0 aromatic heterocycles. The second-order valence-electron chi connectivity index (χ2n) is 7.54. The van der Waals surface area contributed by atoms with Gasteiger partial charge in [0.25, 0.3) is 0 Å². The molecule has 3 nitrogen and oxygen atoms in total. The molecule has 4 rings (SSSR count). The highest BCUT2D eigenvalue weighted by Crippen LogP contribution is 2.63. The zero-order valence-electron chi connectivity index (χ0n) is 15.3. The van der Waals surface area contributed by atoms with Gasteiger partial charge in [0.05, 0.1) is 0 Å². The first-order valence-electron chi connectivity index (χ1n) is 8.80. The van der Waals surface area contributed by atoms with E-state index in [4.69, 9.17) is 4.74 Å². The number of nitrogens with zero attached hydrogens (tertiary/aromatic N) is 1. The Morgan fingerprint density at radius 2 is 2.04 bits per heavy atom. The Labute approximate surface area is 145 Å². The lowest BCUT2D eigenvalue weighted by molar-refractivity contribution is -0.0463. The quantitative estimate of drug-likeness (QED) is 0.725. The zero-order chi connectivity index (χ0) is 17.7. The molecule has 0 unspecified atom stereocenters. The summed E-state index contributed by atoms with van der Waals surface area (Å²) in [5.41, 5.74) is 2.22. The van der Waals surface area contributed by atoms with E-state index in [1.54, 1.807) is 6.07 Å². The number of ether oxygens (including phenoxy) is 1. The van der Waals surface area contributed by atoms with Crippen LogP contribution in [0.15, 0.2) is 37.4 Å². The van der Waals surface area contributed by atoms with Gasteiger partial charge in [-0.2, -0.15) is 0 Å². The minimum atomic E-state index is -0.256. The van der Waals surface area contributed by atoms with Gasteiger partial charge in [0, 0.05) is 29.4 Å². The van der Waals surface area contributed by atoms with Crippen molar-refractivity contribution in [2.45, 2.75) is 50.7 Å². The summed E-state index contributed by atoms with van der Waals surface area (Å²) in [5, 5.41) is 10.4. The fourth-order valence-electron chi connectivity index (χ4n) is 5.21. The van der Waals surface area contributed by atoms with E-state index in [2.05, 4.69) is 58.0 Å². The monoisotopic (exact) mass is 327 g/mol. The van der Waals surface area contributed by atoms with Gasteiger partial charge in [0.15, 0.2) is 11.5 Å². The summed E-state index contributed by atoms with van der Waals surface area (Å²) in [6.45, 7) is 13.8. The average molecular weight is 327 g/mol. The van der Waals surface area contributed by atoms with Crippen LogP contribution in [0.1, 0.15) is 37.8 Å². The summed E-state index contributed by atoms with van der Waals surface area (Å²) < 4.78 is 6.43. The molecule has 1 fully saturated rings. The van der Waals surface area contributed by atoms with Crippen LogP contribution in [0.4, 0.5) is 0 Å². The molecule has 0 saturated carbocycles. The summed E-state index contributed by atoms with van der Waals surface area (Å²) >= 11 is 0. The minimum Gasteiger partial charge on any atom is -0.504 e. The van der Waals surface area contributed by atoms with Crippen LogP contribution in [-0.4, -0.2) is 35.2 Å². The number of aromatic hydroxyl groups is 1. The predicted molar refractivity (Wildman–Crippen MR) is 98.8 cm³/mol. The van der Waals surface area contributed by atoms with E-state index in [1.165, 1.54) is 11.1 Å². The standard InChI is InChI=1S/C19H25NO2.C2H4/c1-12-7-8-15(21)17-16(12)19-10-11-20(4)13(2)14(19)6-5-9-18(19,3)22-17;1-2/h5-8,13-14,21H,9-11H2,1-4H3;1-2H2/t13-,14+,18+,19+;/m1./s1. The third kappa shape index (κ3) is 1.94. The molecule has 0 radical (unpaired) electrons. The highest BCUT2D eigenvalue weighted by Gasteiger charge is 2.64. The number of likely N-dealkylation sites (tertiary alicyclic amines) is 1. The SMILES string of the molecule is C=C.Cc1ccc(O)c2c1[C@]13CCN(C)[C@H](C)[C@@H]1C=CC[C@]3(C)O2. The Hall–Kier alpha value is -1.74. The Morgan fingerprint density at radius 1 is 1.33 bits per heavy atom. The van der Waals surface area contributed by atoms with Crippen LogP contribution in [0.2, 0.25) is 0 Å². The van der Waals surface area contributed by atoms with Gasteiger partial charge in [-0.3, -0.25) is 0 Å². The third-order valence-electron chi connectivity index (χ3n) is 6.56. The molecule has 2 heterocycles. The summed E-state index contributed by atoms with van der Waals surface area (Å²) in [4.78, 5) is 2.45. The van der Waals surface area contributed by atoms with Crippen LogP contribution < -0.4 is 4.74 Å². The number of fused-ring (bicyclic) bond motifs is 1. The number of hydrogen-bond acceptors (Lipinski definition) is 3. The van der Waals surface area contributed by atoms with Crippen molar-refractivity contribution in [3.63, 3.8) is 0 Å². The maximum atomic E-state index is 10.4. The summed E-state index contributed by atoms with van der Waals surface area (Å²) in [6, 6.07) is 4.28. The van der Waals surface area contributed by atoms with Crippen LogP contribution in [0, 0.1) is 12.8 Å². The Morgan fingerprint density at radius 3 is 2.75 bits per heavy atom. The molecule has 3 heteroatoms. The van der Waals surface area contributed by atoms with Gasteiger partial charge in [0.2, 0.25) is 0 Å². The summed E-state index contributed by atoms with van der Waals surface area (Å²) in [7, 11) is 2.21. The molecule has 24 heavy (non-hydrogen) atoms. The van der Waals surface area contributed by atoms with Crippen LogP contribution in [0.25, 0.3) is 0 Å². The van der Waals surface area contributed by atoms with Gasteiger partial charge in [-0.05, 0) is 52.4 Å². The molecular weight excluding hydrogens is 298 g/mol. The van der Waals surface area contributed by atoms with Crippen LogP contribution in [0.3, 0.4) is 0 Å². The molecule has 0 amide bonds. The molecule has 1 aromatic rings. The van der Waals surface area contributed by atoms with Gasteiger partial charge in [-0.15, -0.1) is 13.2 Å². The number of rotatable bonds is 0. The smallest absolute Gasteiger partial charge is 0.166 e. The molecule has 1 aliphatic carbocycles. The molecule has 130 valence electrons. The summed E-state index contributed by atoms with van der Waals surface area (Å²) in [5.74, 6) is 1.44. The predicted octanol–water partition coefficient (Wildman–Crippen LogP) is 4.19. The molecule has 0 bridgehead atoms. The first-order chi connectivity index (χ1) is 11.4. The first kappa shape index (κ1) is 17.1. The lowest BCUT2D eigenvalue weighted by Crippen LogP contribution is -2.63. The lowest BCUT2D eigenvalue weighted by atomic mass is 9.53. The topological polar surface area (TPSA) is 32.7 Å². The molecule has 3 aliphatic rings. The highest BCUT2D eigenvalue weighted by molar-refractivity contribution is 5.60. The molecule has 1 saturated heterocycles. The highest BCUT2D eigenvalue weighted by atomic mass is 16.5. The van der Waals surface area contributed by atoms with Crippen LogP contribution in [0.5, 0.6) is 11.5 Å². The Balaban J connectivity index is 0.000000815. The van der Waals surface area contributed by atoms with Crippen molar-refractivity contribution in [2.75, 3.05) is 13.6 Å². The van der Waals surface area contributed by atoms with Crippen molar-refractivity contribution in [3.05, 3.63) is 48.6 Å². The molecule has 1 aromatic carbocycles. The number of aryl methyl sites for hydroxylation is 1. The largest absolute Gasteiger partial charge is 0.504 e. The van der Waals surface area contributed by atoms with Gasteiger partial charge in [-0.25, -0.2) is 0 Å². The van der Waals surface area contributed by atoms with Gasteiger partial charge in [-0.1, -0.05) is 18.2 Å². The molecule has 2 aliphatic heterocycles. The van der Waals surface area contributed by atoms with Crippen molar-refractivity contribution in [3.8, 4) is 11.5 Å². The average Bonchev–Trinajstić information content (AvgIpc) is 2.86. The second kappa shape index (κ2) is 5.66. The second-order valence-corrected chi connectivity index (χ2v) is 7.54. The number of piperidine rings is 1. The van der Waals surface area contributed by atoms with Crippen molar-refractivity contribution in [2.24, 2.45) is 5.92 Å². The van der Waals surface area contributed by atoms with Gasteiger partial charge < -0.3 is 14.7 Å². The van der Waals surface area contributed by atoms with E-state index in [1.807, 2.05) is 6.07 Å². The maximum Gasteiger partial charge on any atom is 0.166 e. The third-order valence-corrected chi connectivity index (χ3v) is 6.56. The number of hydrogen-bond donors (Lipinski definition) is 1. The van der Waals surface area contributed by atoms with E-state index in [9.17, 15) is 5.11 Å². The number of benzene rings is 1. The van der Waals surface area contributed by atoms with E-state index in [0.717, 1.165) is 25.1 Å². The first-order valence-corrected chi connectivity index (χ1v) is 8.80. The fourth-order valence-corrected chi connectivity index (χ4v) is 5.21. The van der Waals surface area contributed by atoms with E-state index in [0.29, 0.717) is 12.0 Å². The Kier molecular flexibility index (Phi) is 4.03. The zero-order valence-corrected chi connectivity index (χ0v) is 15.3. The van der Waals surface area contributed by atoms with E-state index >= 15 is 0 Å². The van der Waals surface area contributed by atoms with Crippen molar-refractivity contribution >= 4 is 0 Å². The Bertz CT molecular complexity index is 683. The molecule has 1 spiro atoms. The number of phenolic OH excluding ortho intramolecular Hbond substituents is 1. The molecule has 4 atom stereocenters.